The number of hydrogen-bond acceptors (Lipinski definition) is 4. The molecular formula is C18H25N3O3. The van der Waals surface area contributed by atoms with Crippen LogP contribution in [0.15, 0.2) is 18.3 Å². The van der Waals surface area contributed by atoms with Crippen LogP contribution in [0, 0.1) is 18.8 Å². The molecule has 2 aliphatic heterocycles. The molecule has 2 atom stereocenters. The number of primary amides is 1. The second-order valence-corrected chi connectivity index (χ2v) is 6.84. The molecule has 24 heavy (non-hydrogen) atoms. The lowest BCUT2D eigenvalue weighted by Gasteiger charge is -2.35. The van der Waals surface area contributed by atoms with E-state index in [4.69, 9.17) is 10.5 Å². The zero-order valence-electron chi connectivity index (χ0n) is 14.1. The largest absolute Gasteiger partial charge is 0.377 e. The number of carbonyl (C=O) groups is 2. The van der Waals surface area contributed by atoms with Gasteiger partial charge in [0, 0.05) is 31.6 Å². The van der Waals surface area contributed by atoms with Crippen molar-refractivity contribution < 1.29 is 14.3 Å². The number of carbonyl (C=O) groups excluding carboxylic acids is 2. The first kappa shape index (κ1) is 16.9. The minimum absolute atomic E-state index is 0.0685. The van der Waals surface area contributed by atoms with Crippen LogP contribution in [0.1, 0.15) is 30.5 Å². The lowest BCUT2D eigenvalue weighted by Crippen LogP contribution is -2.44. The number of ether oxygens (including phenoxy) is 1. The first-order valence-corrected chi connectivity index (χ1v) is 8.65. The van der Waals surface area contributed by atoms with Gasteiger partial charge in [0.2, 0.25) is 11.8 Å². The Kier molecular flexibility index (Phi) is 5.14. The summed E-state index contributed by atoms with van der Waals surface area (Å²) in [5.74, 6) is 0.0201. The smallest absolute Gasteiger partial charge is 0.227 e. The Bertz CT molecular complexity index is 594. The van der Waals surface area contributed by atoms with Crippen LogP contribution < -0.4 is 5.73 Å². The molecule has 1 aromatic rings. The van der Waals surface area contributed by atoms with Crippen LogP contribution >= 0.6 is 0 Å². The van der Waals surface area contributed by atoms with Gasteiger partial charge in [-0.05, 0) is 43.7 Å². The first-order chi connectivity index (χ1) is 11.5. The zero-order chi connectivity index (χ0) is 17.1. The second-order valence-electron chi connectivity index (χ2n) is 6.84. The van der Waals surface area contributed by atoms with Crippen molar-refractivity contribution in [3.05, 3.63) is 29.6 Å². The van der Waals surface area contributed by atoms with Crippen molar-refractivity contribution in [1.82, 2.24) is 9.88 Å². The van der Waals surface area contributed by atoms with Gasteiger partial charge in [-0.25, -0.2) is 0 Å². The number of aryl methyl sites for hydroxylation is 1. The average Bonchev–Trinajstić information content (AvgIpc) is 3.07. The predicted molar refractivity (Wildman–Crippen MR) is 89.0 cm³/mol. The number of piperidine rings is 1. The summed E-state index contributed by atoms with van der Waals surface area (Å²) in [6.07, 6.45) is 4.55. The molecule has 2 aliphatic rings. The lowest BCUT2D eigenvalue weighted by atomic mass is 9.84. The van der Waals surface area contributed by atoms with Gasteiger partial charge in [-0.3, -0.25) is 14.6 Å². The monoisotopic (exact) mass is 331 g/mol. The third-order valence-electron chi connectivity index (χ3n) is 5.19. The quantitative estimate of drug-likeness (QED) is 0.894. The van der Waals surface area contributed by atoms with Gasteiger partial charge in [-0.1, -0.05) is 6.07 Å². The zero-order valence-corrected chi connectivity index (χ0v) is 14.1. The van der Waals surface area contributed by atoms with Crippen molar-refractivity contribution >= 4 is 11.8 Å². The topological polar surface area (TPSA) is 85.5 Å². The highest BCUT2D eigenvalue weighted by Gasteiger charge is 2.39. The maximum atomic E-state index is 12.4. The molecule has 2 saturated heterocycles. The molecule has 0 aliphatic carbocycles. The Labute approximate surface area is 142 Å². The van der Waals surface area contributed by atoms with Gasteiger partial charge >= 0.3 is 0 Å². The fourth-order valence-electron chi connectivity index (χ4n) is 3.75. The molecule has 6 heteroatoms. The van der Waals surface area contributed by atoms with Gasteiger partial charge in [-0.15, -0.1) is 0 Å². The molecule has 2 amide bonds. The molecule has 6 nitrogen and oxygen atoms in total. The van der Waals surface area contributed by atoms with Gasteiger partial charge in [0.05, 0.1) is 18.4 Å². The van der Waals surface area contributed by atoms with Gasteiger partial charge in [0.1, 0.15) is 0 Å². The molecule has 0 aromatic carbocycles. The maximum Gasteiger partial charge on any atom is 0.227 e. The summed E-state index contributed by atoms with van der Waals surface area (Å²) in [6.45, 7) is 3.97. The van der Waals surface area contributed by atoms with Gasteiger partial charge in [-0.2, -0.15) is 0 Å². The van der Waals surface area contributed by atoms with E-state index < -0.39 is 0 Å². The summed E-state index contributed by atoms with van der Waals surface area (Å²) >= 11 is 0. The van der Waals surface area contributed by atoms with E-state index in [9.17, 15) is 9.59 Å². The Morgan fingerprint density at radius 1 is 1.29 bits per heavy atom. The number of hydrogen-bond donors (Lipinski definition) is 1. The van der Waals surface area contributed by atoms with Crippen LogP contribution in [0.3, 0.4) is 0 Å². The Morgan fingerprint density at radius 2 is 2.04 bits per heavy atom. The number of amides is 2. The molecule has 0 unspecified atom stereocenters. The summed E-state index contributed by atoms with van der Waals surface area (Å²) in [7, 11) is 0. The van der Waals surface area contributed by atoms with Crippen LogP contribution in [0.2, 0.25) is 0 Å². The number of pyridine rings is 1. The van der Waals surface area contributed by atoms with E-state index in [1.54, 1.807) is 6.20 Å². The minimum Gasteiger partial charge on any atom is -0.377 e. The van der Waals surface area contributed by atoms with Gasteiger partial charge < -0.3 is 15.4 Å². The Hall–Kier alpha value is -1.95. The second kappa shape index (κ2) is 7.30. The van der Waals surface area contributed by atoms with Crippen molar-refractivity contribution in [2.45, 2.75) is 38.7 Å². The predicted octanol–water partition coefficient (Wildman–Crippen LogP) is 1.06. The average molecular weight is 331 g/mol. The standard InChI is InChI=1S/C18H25N3O3/c1-12-2-3-13(11-20-12)10-16(22)21-7-4-14(5-8-21)17-15(18(19)23)6-9-24-17/h2-3,11,14-15,17H,4-10H2,1H3,(H2,19,23)/t15-,17+/m0/s1. The van der Waals surface area contributed by atoms with E-state index >= 15 is 0 Å². The van der Waals surface area contributed by atoms with Gasteiger partial charge in [0.15, 0.2) is 0 Å². The highest BCUT2D eigenvalue weighted by molar-refractivity contribution is 5.79. The SMILES string of the molecule is Cc1ccc(CC(=O)N2CCC([C@H]3OCC[C@@H]3C(N)=O)CC2)cn1. The third-order valence-corrected chi connectivity index (χ3v) is 5.19. The molecule has 0 saturated carbocycles. The number of likely N-dealkylation sites (tertiary alicyclic amines) is 1. The Morgan fingerprint density at radius 3 is 2.67 bits per heavy atom. The Balaban J connectivity index is 1.52. The van der Waals surface area contributed by atoms with Gasteiger partial charge in [0.25, 0.3) is 0 Å². The summed E-state index contributed by atoms with van der Waals surface area (Å²) in [4.78, 5) is 30.1. The highest BCUT2D eigenvalue weighted by Crippen LogP contribution is 2.33. The van der Waals surface area contributed by atoms with E-state index in [-0.39, 0.29) is 23.8 Å². The molecule has 0 bridgehead atoms. The number of nitrogens with two attached hydrogens (primary N) is 1. The molecule has 0 radical (unpaired) electrons. The van der Waals surface area contributed by atoms with Crippen LogP contribution in [-0.4, -0.2) is 47.5 Å². The fraction of sp³-hybridized carbons (Fsp3) is 0.611. The van der Waals surface area contributed by atoms with Crippen molar-refractivity contribution in [3.8, 4) is 0 Å². The molecule has 2 fully saturated rings. The molecular weight excluding hydrogens is 306 g/mol. The van der Waals surface area contributed by atoms with E-state index in [2.05, 4.69) is 4.98 Å². The molecule has 2 N–H and O–H groups in total. The molecule has 0 spiro atoms. The number of nitrogens with zero attached hydrogens (tertiary/aromatic N) is 2. The summed E-state index contributed by atoms with van der Waals surface area (Å²) in [5.41, 5.74) is 7.37. The van der Waals surface area contributed by atoms with E-state index in [1.165, 1.54) is 0 Å². The van der Waals surface area contributed by atoms with E-state index in [0.29, 0.717) is 32.0 Å². The summed E-state index contributed by atoms with van der Waals surface area (Å²) in [6, 6.07) is 3.88. The van der Waals surface area contributed by atoms with Crippen LogP contribution in [0.5, 0.6) is 0 Å². The third kappa shape index (κ3) is 3.75. The fourth-order valence-corrected chi connectivity index (χ4v) is 3.75. The minimum atomic E-state index is -0.261. The van der Waals surface area contributed by atoms with Crippen molar-refractivity contribution in [2.24, 2.45) is 17.6 Å². The molecule has 130 valence electrons. The van der Waals surface area contributed by atoms with Crippen LogP contribution in [0.25, 0.3) is 0 Å². The van der Waals surface area contributed by atoms with Crippen molar-refractivity contribution in [3.63, 3.8) is 0 Å². The van der Waals surface area contributed by atoms with E-state index in [0.717, 1.165) is 30.5 Å². The van der Waals surface area contributed by atoms with Crippen LogP contribution in [-0.2, 0) is 20.7 Å². The molecule has 1 aromatic heterocycles. The normalized spacial score (nSPS) is 25.0. The molecule has 3 heterocycles. The summed E-state index contributed by atoms with van der Waals surface area (Å²) < 4.78 is 5.76. The number of aromatic nitrogens is 1. The van der Waals surface area contributed by atoms with Crippen molar-refractivity contribution in [1.29, 1.82) is 0 Å². The molecule has 3 rings (SSSR count). The van der Waals surface area contributed by atoms with Crippen molar-refractivity contribution in [2.75, 3.05) is 19.7 Å². The maximum absolute atomic E-state index is 12.4. The first-order valence-electron chi connectivity index (χ1n) is 8.65. The summed E-state index contributed by atoms with van der Waals surface area (Å²) in [5, 5.41) is 0. The highest BCUT2D eigenvalue weighted by atomic mass is 16.5. The number of rotatable bonds is 4. The lowest BCUT2D eigenvalue weighted by molar-refractivity contribution is -0.133. The van der Waals surface area contributed by atoms with Crippen LogP contribution in [0.4, 0.5) is 0 Å². The van der Waals surface area contributed by atoms with E-state index in [1.807, 2.05) is 24.0 Å².